The summed E-state index contributed by atoms with van der Waals surface area (Å²) in [6.45, 7) is 8.83. The third-order valence-corrected chi connectivity index (χ3v) is 2.85. The molecule has 0 aliphatic rings. The Balaban J connectivity index is 2.02. The van der Waals surface area contributed by atoms with Crippen LogP contribution in [0.2, 0.25) is 0 Å². The molecule has 0 fully saturated rings. The van der Waals surface area contributed by atoms with Crippen LogP contribution in [0.1, 0.15) is 32.4 Å². The third-order valence-electron chi connectivity index (χ3n) is 2.85. The first-order valence-electron chi connectivity index (χ1n) is 6.97. The second-order valence-corrected chi connectivity index (χ2v) is 5.36. The van der Waals surface area contributed by atoms with Crippen LogP contribution in [0, 0.1) is 5.92 Å². The van der Waals surface area contributed by atoms with Gasteiger partial charge in [0.2, 0.25) is 0 Å². The van der Waals surface area contributed by atoms with Crippen LogP contribution in [-0.2, 0) is 6.54 Å². The summed E-state index contributed by atoms with van der Waals surface area (Å²) in [6, 6.07) is 6.09. The maximum absolute atomic E-state index is 4.34. The van der Waals surface area contributed by atoms with Gasteiger partial charge >= 0.3 is 0 Å². The fourth-order valence-corrected chi connectivity index (χ4v) is 1.87. The zero-order chi connectivity index (χ0) is 13.2. The smallest absolute Gasteiger partial charge is 0.0543 e. The maximum atomic E-state index is 4.34. The van der Waals surface area contributed by atoms with Crippen LogP contribution in [0.15, 0.2) is 24.4 Å². The van der Waals surface area contributed by atoms with Gasteiger partial charge in [-0.25, -0.2) is 0 Å². The van der Waals surface area contributed by atoms with E-state index in [-0.39, 0.29) is 0 Å². The monoisotopic (exact) mass is 249 g/mol. The van der Waals surface area contributed by atoms with E-state index in [0.29, 0.717) is 0 Å². The summed E-state index contributed by atoms with van der Waals surface area (Å²) in [6.07, 6.45) is 4.35. The molecule has 0 aliphatic carbocycles. The molecule has 0 atom stereocenters. The van der Waals surface area contributed by atoms with Crippen molar-refractivity contribution in [2.45, 2.75) is 33.2 Å². The van der Waals surface area contributed by atoms with Crippen LogP contribution in [0.25, 0.3) is 0 Å². The van der Waals surface area contributed by atoms with Gasteiger partial charge in [0, 0.05) is 12.7 Å². The second kappa shape index (κ2) is 9.06. The minimum absolute atomic E-state index is 0.747. The lowest BCUT2D eigenvalue weighted by Gasteiger charge is -2.16. The van der Waals surface area contributed by atoms with E-state index >= 15 is 0 Å². The van der Waals surface area contributed by atoms with Crippen molar-refractivity contribution in [1.82, 2.24) is 15.2 Å². The average Bonchev–Trinajstić information content (AvgIpc) is 2.34. The number of pyridine rings is 1. The van der Waals surface area contributed by atoms with Crippen molar-refractivity contribution in [3.8, 4) is 0 Å². The number of nitrogens with zero attached hydrogens (tertiary/aromatic N) is 2. The molecule has 1 aromatic heterocycles. The number of nitrogens with one attached hydrogen (secondary N) is 1. The van der Waals surface area contributed by atoms with Crippen molar-refractivity contribution >= 4 is 0 Å². The van der Waals surface area contributed by atoms with Gasteiger partial charge in [-0.15, -0.1) is 0 Å². The predicted octanol–water partition coefficient (Wildman–Crippen LogP) is 2.54. The minimum Gasteiger partial charge on any atom is -0.316 e. The normalized spacial score (nSPS) is 11.4. The van der Waals surface area contributed by atoms with Gasteiger partial charge in [-0.3, -0.25) is 4.98 Å². The van der Waals surface area contributed by atoms with Crippen LogP contribution < -0.4 is 5.32 Å². The highest BCUT2D eigenvalue weighted by Crippen LogP contribution is 2.00. The molecule has 0 unspecified atom stereocenters. The van der Waals surface area contributed by atoms with Gasteiger partial charge in [0.1, 0.15) is 0 Å². The van der Waals surface area contributed by atoms with Gasteiger partial charge < -0.3 is 10.2 Å². The Hall–Kier alpha value is -0.930. The lowest BCUT2D eigenvalue weighted by Crippen LogP contribution is -2.23. The SMILES string of the molecule is CC(C)CNCCCCN(C)Cc1ccccn1. The molecule has 3 heteroatoms. The number of hydrogen-bond acceptors (Lipinski definition) is 3. The first-order valence-corrected chi connectivity index (χ1v) is 6.97. The van der Waals surface area contributed by atoms with E-state index in [1.165, 1.54) is 12.8 Å². The van der Waals surface area contributed by atoms with E-state index in [4.69, 9.17) is 0 Å². The minimum atomic E-state index is 0.747. The summed E-state index contributed by atoms with van der Waals surface area (Å²) in [4.78, 5) is 6.68. The average molecular weight is 249 g/mol. The van der Waals surface area contributed by atoms with Gasteiger partial charge in [-0.2, -0.15) is 0 Å². The lowest BCUT2D eigenvalue weighted by atomic mass is 10.2. The highest BCUT2D eigenvalue weighted by atomic mass is 15.1. The molecule has 0 spiro atoms. The maximum Gasteiger partial charge on any atom is 0.0543 e. The zero-order valence-corrected chi connectivity index (χ0v) is 12.0. The largest absolute Gasteiger partial charge is 0.316 e. The third kappa shape index (κ3) is 7.41. The molecule has 0 bridgehead atoms. The van der Waals surface area contributed by atoms with Crippen molar-refractivity contribution in [2.24, 2.45) is 5.92 Å². The van der Waals surface area contributed by atoms with Gasteiger partial charge in [-0.05, 0) is 57.6 Å². The van der Waals surface area contributed by atoms with E-state index < -0.39 is 0 Å². The molecule has 0 saturated carbocycles. The molecule has 0 aromatic carbocycles. The highest BCUT2D eigenvalue weighted by molar-refractivity contribution is 5.02. The quantitative estimate of drug-likeness (QED) is 0.682. The van der Waals surface area contributed by atoms with E-state index in [2.05, 4.69) is 42.2 Å². The van der Waals surface area contributed by atoms with E-state index in [1.54, 1.807) is 0 Å². The molecular formula is C15H27N3. The summed E-state index contributed by atoms with van der Waals surface area (Å²) >= 11 is 0. The van der Waals surface area contributed by atoms with Crippen LogP contribution in [0.4, 0.5) is 0 Å². The first kappa shape index (κ1) is 15.1. The molecule has 1 rings (SSSR count). The fourth-order valence-electron chi connectivity index (χ4n) is 1.87. The summed E-state index contributed by atoms with van der Waals surface area (Å²) in [5, 5.41) is 3.48. The molecule has 102 valence electrons. The fraction of sp³-hybridized carbons (Fsp3) is 0.667. The standard InChI is InChI=1S/C15H27N3/c1-14(2)12-16-9-6-7-11-18(3)13-15-8-4-5-10-17-15/h4-5,8,10,14,16H,6-7,9,11-13H2,1-3H3. The Labute approximate surface area is 112 Å². The summed E-state index contributed by atoms with van der Waals surface area (Å²) < 4.78 is 0. The van der Waals surface area contributed by atoms with Crippen LogP contribution in [-0.4, -0.2) is 36.6 Å². The molecule has 1 heterocycles. The Morgan fingerprint density at radius 2 is 2.11 bits per heavy atom. The Kier molecular flexibility index (Phi) is 7.62. The predicted molar refractivity (Wildman–Crippen MR) is 77.5 cm³/mol. The number of unbranched alkanes of at least 4 members (excludes halogenated alkanes) is 1. The Bertz CT molecular complexity index is 298. The van der Waals surface area contributed by atoms with Crippen LogP contribution in [0.3, 0.4) is 0 Å². The molecule has 0 radical (unpaired) electrons. The Morgan fingerprint density at radius 1 is 1.28 bits per heavy atom. The van der Waals surface area contributed by atoms with Crippen molar-refractivity contribution in [3.63, 3.8) is 0 Å². The van der Waals surface area contributed by atoms with Gasteiger partial charge in [0.25, 0.3) is 0 Å². The highest BCUT2D eigenvalue weighted by Gasteiger charge is 2.00. The lowest BCUT2D eigenvalue weighted by molar-refractivity contribution is 0.313. The van der Waals surface area contributed by atoms with Gasteiger partial charge in [0.05, 0.1) is 5.69 Å². The number of aromatic nitrogens is 1. The van der Waals surface area contributed by atoms with Crippen LogP contribution >= 0.6 is 0 Å². The summed E-state index contributed by atoms with van der Waals surface area (Å²) in [5.74, 6) is 0.747. The van der Waals surface area contributed by atoms with Crippen molar-refractivity contribution < 1.29 is 0 Å². The molecule has 1 N–H and O–H groups in total. The van der Waals surface area contributed by atoms with Crippen molar-refractivity contribution in [3.05, 3.63) is 30.1 Å². The second-order valence-electron chi connectivity index (χ2n) is 5.36. The van der Waals surface area contributed by atoms with Gasteiger partial charge in [0.15, 0.2) is 0 Å². The summed E-state index contributed by atoms with van der Waals surface area (Å²) in [5.41, 5.74) is 1.15. The summed E-state index contributed by atoms with van der Waals surface area (Å²) in [7, 11) is 2.16. The van der Waals surface area contributed by atoms with E-state index in [0.717, 1.165) is 37.8 Å². The molecule has 18 heavy (non-hydrogen) atoms. The van der Waals surface area contributed by atoms with Crippen LogP contribution in [0.5, 0.6) is 0 Å². The number of hydrogen-bond donors (Lipinski definition) is 1. The van der Waals surface area contributed by atoms with Crippen molar-refractivity contribution in [1.29, 1.82) is 0 Å². The van der Waals surface area contributed by atoms with Crippen molar-refractivity contribution in [2.75, 3.05) is 26.7 Å². The molecular weight excluding hydrogens is 222 g/mol. The topological polar surface area (TPSA) is 28.2 Å². The molecule has 0 aliphatic heterocycles. The molecule has 3 nitrogen and oxygen atoms in total. The van der Waals surface area contributed by atoms with Gasteiger partial charge in [-0.1, -0.05) is 19.9 Å². The van der Waals surface area contributed by atoms with E-state index in [1.807, 2.05) is 18.3 Å². The number of rotatable bonds is 9. The van der Waals surface area contributed by atoms with E-state index in [9.17, 15) is 0 Å². The Morgan fingerprint density at radius 3 is 2.78 bits per heavy atom. The first-order chi connectivity index (χ1) is 8.68. The molecule has 0 amide bonds. The molecule has 1 aromatic rings. The molecule has 0 saturated heterocycles. The zero-order valence-electron chi connectivity index (χ0n) is 12.0.